The highest BCUT2D eigenvalue weighted by Crippen LogP contribution is 2.20. The van der Waals surface area contributed by atoms with Crippen molar-refractivity contribution in [3.8, 4) is 0 Å². The molecule has 3 rings (SSSR count). The first-order valence-corrected chi connectivity index (χ1v) is 9.87. The quantitative estimate of drug-likeness (QED) is 0.873. The van der Waals surface area contributed by atoms with Gasteiger partial charge in [-0.25, -0.2) is 18.4 Å². The van der Waals surface area contributed by atoms with Gasteiger partial charge in [-0.1, -0.05) is 17.7 Å². The number of hydrogen-bond donors (Lipinski definition) is 1. The molecule has 0 saturated carbocycles. The average molecular weight is 381 g/mol. The van der Waals surface area contributed by atoms with Gasteiger partial charge in [0.2, 0.25) is 5.95 Å². The molecule has 1 aliphatic heterocycles. The van der Waals surface area contributed by atoms with Crippen LogP contribution in [-0.4, -0.2) is 53.8 Å². The molecule has 2 aromatic rings. The molecule has 1 unspecified atom stereocenters. The zero-order chi connectivity index (χ0) is 18.0. The van der Waals surface area contributed by atoms with E-state index in [2.05, 4.69) is 15.3 Å². The topological polar surface area (TPSA) is 92.3 Å². The number of amides is 1. The van der Waals surface area contributed by atoms with Gasteiger partial charge in [0.25, 0.3) is 5.91 Å². The highest BCUT2D eigenvalue weighted by molar-refractivity contribution is 7.91. The van der Waals surface area contributed by atoms with E-state index < -0.39 is 9.84 Å². The lowest BCUT2D eigenvalue weighted by Gasteiger charge is -2.23. The van der Waals surface area contributed by atoms with Gasteiger partial charge in [0.05, 0.1) is 11.5 Å². The number of nitrogens with zero attached hydrogens (tertiary/aromatic N) is 3. The van der Waals surface area contributed by atoms with Crippen LogP contribution in [0.1, 0.15) is 16.9 Å². The zero-order valence-corrected chi connectivity index (χ0v) is 15.1. The Bertz CT molecular complexity index is 904. The van der Waals surface area contributed by atoms with E-state index in [0.717, 1.165) is 0 Å². The smallest absolute Gasteiger partial charge is 0.272 e. The fourth-order valence-electron chi connectivity index (χ4n) is 2.66. The summed E-state index contributed by atoms with van der Waals surface area (Å²) in [7, 11) is -1.46. The second kappa shape index (κ2) is 6.97. The maximum absolute atomic E-state index is 12.6. The van der Waals surface area contributed by atoms with Crippen LogP contribution in [-0.2, 0) is 9.84 Å². The van der Waals surface area contributed by atoms with E-state index in [0.29, 0.717) is 17.1 Å². The number of benzene rings is 1. The van der Waals surface area contributed by atoms with Crippen molar-refractivity contribution in [2.75, 3.05) is 23.9 Å². The van der Waals surface area contributed by atoms with Gasteiger partial charge >= 0.3 is 0 Å². The third kappa shape index (κ3) is 4.26. The number of hydrogen-bond acceptors (Lipinski definition) is 6. The summed E-state index contributed by atoms with van der Waals surface area (Å²) in [6, 6.07) is 8.24. The molecule has 2 heterocycles. The van der Waals surface area contributed by atoms with Crippen LogP contribution in [0, 0.1) is 0 Å². The first kappa shape index (κ1) is 17.6. The average Bonchev–Trinajstić information content (AvgIpc) is 2.94. The van der Waals surface area contributed by atoms with Crippen LogP contribution in [0.4, 0.5) is 11.6 Å². The summed E-state index contributed by atoms with van der Waals surface area (Å²) in [6.07, 6.45) is 1.93. The first-order chi connectivity index (χ1) is 11.8. The van der Waals surface area contributed by atoms with Crippen LogP contribution < -0.4 is 5.32 Å². The number of nitrogens with one attached hydrogen (secondary N) is 1. The van der Waals surface area contributed by atoms with Gasteiger partial charge in [0, 0.05) is 30.0 Å². The number of halogens is 1. The lowest BCUT2D eigenvalue weighted by atomic mass is 10.2. The summed E-state index contributed by atoms with van der Waals surface area (Å²) in [5, 5.41) is 3.56. The molecule has 1 amide bonds. The van der Waals surface area contributed by atoms with E-state index in [1.165, 1.54) is 17.2 Å². The molecule has 1 aromatic heterocycles. The molecule has 1 aromatic carbocycles. The molecule has 1 fully saturated rings. The van der Waals surface area contributed by atoms with Crippen molar-refractivity contribution < 1.29 is 13.2 Å². The van der Waals surface area contributed by atoms with Crippen molar-refractivity contribution in [2.45, 2.75) is 12.5 Å². The lowest BCUT2D eigenvalue weighted by Crippen LogP contribution is -2.38. The Morgan fingerprint density at radius 2 is 2.16 bits per heavy atom. The van der Waals surface area contributed by atoms with Gasteiger partial charge in [-0.2, -0.15) is 0 Å². The van der Waals surface area contributed by atoms with Crippen molar-refractivity contribution in [3.63, 3.8) is 0 Å². The van der Waals surface area contributed by atoms with Crippen LogP contribution >= 0.6 is 11.6 Å². The van der Waals surface area contributed by atoms with Gasteiger partial charge in [-0.3, -0.25) is 4.79 Å². The number of anilines is 2. The largest absolute Gasteiger partial charge is 0.336 e. The summed E-state index contributed by atoms with van der Waals surface area (Å²) in [5.74, 6) is 0.0356. The molecule has 1 aliphatic rings. The molecule has 1 saturated heterocycles. The van der Waals surface area contributed by atoms with E-state index in [9.17, 15) is 13.2 Å². The minimum Gasteiger partial charge on any atom is -0.336 e. The summed E-state index contributed by atoms with van der Waals surface area (Å²) >= 11 is 5.94. The standard InChI is InChI=1S/C16H17ClN4O3S/c1-21(13-6-8-25(23,24)10-13)15(22)14-5-7-18-16(20-14)19-12-4-2-3-11(17)9-12/h2-5,7,9,13H,6,8,10H2,1H3,(H,18,19,20). The number of aromatic nitrogens is 2. The maximum atomic E-state index is 12.6. The number of rotatable bonds is 4. The van der Waals surface area contributed by atoms with Gasteiger partial charge in [-0.15, -0.1) is 0 Å². The van der Waals surface area contributed by atoms with Crippen LogP contribution in [0.2, 0.25) is 5.02 Å². The first-order valence-electron chi connectivity index (χ1n) is 7.67. The third-order valence-corrected chi connectivity index (χ3v) is 6.02. The fourth-order valence-corrected chi connectivity index (χ4v) is 4.63. The Morgan fingerprint density at radius 3 is 2.84 bits per heavy atom. The molecule has 132 valence electrons. The molecule has 9 heteroatoms. The minimum absolute atomic E-state index is 0.00601. The van der Waals surface area contributed by atoms with Crippen LogP contribution in [0.5, 0.6) is 0 Å². The second-order valence-corrected chi connectivity index (χ2v) is 8.54. The van der Waals surface area contributed by atoms with Crippen molar-refractivity contribution in [2.24, 2.45) is 0 Å². The van der Waals surface area contributed by atoms with Crippen LogP contribution in [0.15, 0.2) is 36.5 Å². The molecule has 0 bridgehead atoms. The molecule has 1 N–H and O–H groups in total. The normalized spacial score (nSPS) is 18.7. The Hall–Kier alpha value is -2.19. The Kier molecular flexibility index (Phi) is 4.91. The monoisotopic (exact) mass is 380 g/mol. The molecule has 1 atom stereocenters. The number of sulfone groups is 1. The molecular formula is C16H17ClN4O3S. The second-order valence-electron chi connectivity index (χ2n) is 5.87. The summed E-state index contributed by atoms with van der Waals surface area (Å²) < 4.78 is 23.2. The molecule has 0 radical (unpaired) electrons. The van der Waals surface area contributed by atoms with E-state index in [-0.39, 0.29) is 35.1 Å². The van der Waals surface area contributed by atoms with Crippen LogP contribution in [0.25, 0.3) is 0 Å². The zero-order valence-electron chi connectivity index (χ0n) is 13.5. The van der Waals surface area contributed by atoms with E-state index >= 15 is 0 Å². The fraction of sp³-hybridized carbons (Fsp3) is 0.312. The van der Waals surface area contributed by atoms with Gasteiger partial charge in [0.15, 0.2) is 9.84 Å². The van der Waals surface area contributed by atoms with Crippen molar-refractivity contribution >= 4 is 39.0 Å². The van der Waals surface area contributed by atoms with E-state index in [1.807, 2.05) is 0 Å². The van der Waals surface area contributed by atoms with E-state index in [1.54, 1.807) is 31.3 Å². The highest BCUT2D eigenvalue weighted by atomic mass is 35.5. The Morgan fingerprint density at radius 1 is 1.36 bits per heavy atom. The minimum atomic E-state index is -3.06. The molecule has 7 nitrogen and oxygen atoms in total. The predicted octanol–water partition coefficient (Wildman–Crippen LogP) is 2.13. The van der Waals surface area contributed by atoms with Gasteiger partial charge < -0.3 is 10.2 Å². The van der Waals surface area contributed by atoms with Crippen molar-refractivity contribution in [1.29, 1.82) is 0 Å². The van der Waals surface area contributed by atoms with E-state index in [4.69, 9.17) is 11.6 Å². The SMILES string of the molecule is CN(C(=O)c1ccnc(Nc2cccc(Cl)c2)n1)C1CCS(=O)(=O)C1. The van der Waals surface area contributed by atoms with Crippen LogP contribution in [0.3, 0.4) is 0 Å². The van der Waals surface area contributed by atoms with Crippen molar-refractivity contribution in [1.82, 2.24) is 14.9 Å². The number of carbonyl (C=O) groups excluding carboxylic acids is 1. The summed E-state index contributed by atoms with van der Waals surface area (Å²) in [6.45, 7) is 0. The molecule has 0 aliphatic carbocycles. The highest BCUT2D eigenvalue weighted by Gasteiger charge is 2.33. The molecular weight excluding hydrogens is 364 g/mol. The summed E-state index contributed by atoms with van der Waals surface area (Å²) in [4.78, 5) is 22.3. The maximum Gasteiger partial charge on any atom is 0.272 e. The third-order valence-electron chi connectivity index (χ3n) is 4.03. The predicted molar refractivity (Wildman–Crippen MR) is 95.9 cm³/mol. The van der Waals surface area contributed by atoms with Gasteiger partial charge in [0.1, 0.15) is 5.69 Å². The Labute approximate surface area is 151 Å². The lowest BCUT2D eigenvalue weighted by molar-refractivity contribution is 0.0741. The Balaban J connectivity index is 1.75. The number of carbonyl (C=O) groups is 1. The summed E-state index contributed by atoms with van der Waals surface area (Å²) in [5.41, 5.74) is 0.902. The molecule has 25 heavy (non-hydrogen) atoms. The van der Waals surface area contributed by atoms with Crippen molar-refractivity contribution in [3.05, 3.63) is 47.2 Å². The molecule has 0 spiro atoms. The van der Waals surface area contributed by atoms with Gasteiger partial charge in [-0.05, 0) is 30.7 Å².